The van der Waals surface area contributed by atoms with Crippen LogP contribution in [0.2, 0.25) is 0 Å². The lowest BCUT2D eigenvalue weighted by molar-refractivity contribution is 0.0696. The molecule has 1 aliphatic rings. The summed E-state index contributed by atoms with van der Waals surface area (Å²) < 4.78 is 7.06. The number of hydrogen-bond donors (Lipinski definition) is 1. The Kier molecular flexibility index (Phi) is 4.09. The van der Waals surface area contributed by atoms with E-state index < -0.39 is 5.97 Å². The van der Waals surface area contributed by atoms with Crippen LogP contribution >= 0.6 is 31.9 Å². The number of benzene rings is 1. The van der Waals surface area contributed by atoms with E-state index in [2.05, 4.69) is 31.9 Å². The maximum Gasteiger partial charge on any atom is 0.335 e. The van der Waals surface area contributed by atoms with Crippen molar-refractivity contribution < 1.29 is 14.6 Å². The van der Waals surface area contributed by atoms with Gasteiger partial charge in [-0.2, -0.15) is 0 Å². The van der Waals surface area contributed by atoms with Gasteiger partial charge < -0.3 is 9.84 Å². The van der Waals surface area contributed by atoms with Crippen molar-refractivity contribution in [2.75, 3.05) is 6.61 Å². The van der Waals surface area contributed by atoms with Crippen LogP contribution in [0.25, 0.3) is 0 Å². The molecule has 0 radical (unpaired) electrons. The Morgan fingerprint density at radius 3 is 2.35 bits per heavy atom. The Bertz CT molecular complexity index is 418. The third-order valence-corrected chi connectivity index (χ3v) is 4.11. The summed E-state index contributed by atoms with van der Waals surface area (Å²) in [5, 5.41) is 8.91. The van der Waals surface area contributed by atoms with Gasteiger partial charge in [0.05, 0.1) is 21.1 Å². The Labute approximate surface area is 116 Å². The Hall–Kier alpha value is -0.550. The average molecular weight is 364 g/mol. The van der Waals surface area contributed by atoms with E-state index in [0.29, 0.717) is 27.2 Å². The number of carboxylic acid groups (broad SMARTS) is 1. The fourth-order valence-corrected chi connectivity index (χ4v) is 3.10. The summed E-state index contributed by atoms with van der Waals surface area (Å²) in [4.78, 5) is 10.9. The molecule has 0 aliphatic heterocycles. The molecule has 1 aromatic carbocycles. The Balaban J connectivity index is 2.12. The lowest BCUT2D eigenvalue weighted by Crippen LogP contribution is -2.19. The number of hydrogen-bond acceptors (Lipinski definition) is 2. The minimum atomic E-state index is -0.947. The molecule has 1 fully saturated rings. The molecule has 5 heteroatoms. The molecule has 0 aromatic heterocycles. The van der Waals surface area contributed by atoms with Crippen molar-refractivity contribution in [3.8, 4) is 5.75 Å². The predicted octanol–water partition coefficient (Wildman–Crippen LogP) is 4.09. The third-order valence-electron chi connectivity index (χ3n) is 2.93. The zero-order valence-electron chi connectivity index (χ0n) is 9.08. The van der Waals surface area contributed by atoms with Gasteiger partial charge in [0.2, 0.25) is 0 Å². The van der Waals surface area contributed by atoms with Gasteiger partial charge in [0.1, 0.15) is 5.75 Å². The maximum absolute atomic E-state index is 10.9. The van der Waals surface area contributed by atoms with E-state index in [-0.39, 0.29) is 5.56 Å². The molecule has 2 rings (SSSR count). The predicted molar refractivity (Wildman–Crippen MR) is 71.6 cm³/mol. The van der Waals surface area contributed by atoms with Gasteiger partial charge in [0.25, 0.3) is 0 Å². The molecule has 1 aromatic rings. The first kappa shape index (κ1) is 12.9. The number of ether oxygens (including phenoxy) is 1. The first-order valence-corrected chi connectivity index (χ1v) is 7.01. The summed E-state index contributed by atoms with van der Waals surface area (Å²) in [6, 6.07) is 3.12. The van der Waals surface area contributed by atoms with E-state index in [9.17, 15) is 4.79 Å². The number of carbonyl (C=O) groups is 1. The van der Waals surface area contributed by atoms with E-state index in [1.807, 2.05) is 0 Å². The van der Waals surface area contributed by atoms with E-state index in [0.717, 1.165) is 0 Å². The second-order valence-corrected chi connectivity index (χ2v) is 5.89. The fraction of sp³-hybridized carbons (Fsp3) is 0.417. The zero-order valence-corrected chi connectivity index (χ0v) is 12.3. The van der Waals surface area contributed by atoms with Gasteiger partial charge in [-0.1, -0.05) is 6.42 Å². The number of carboxylic acids is 1. The first-order valence-electron chi connectivity index (χ1n) is 5.43. The summed E-state index contributed by atoms with van der Waals surface area (Å²) in [5.41, 5.74) is 0.236. The maximum atomic E-state index is 10.9. The molecular weight excluding hydrogens is 352 g/mol. The molecule has 17 heavy (non-hydrogen) atoms. The standard InChI is InChI=1S/C12H12Br2O3/c13-9-4-8(12(15)16)5-10(14)11(9)17-6-7-2-1-3-7/h4-5,7H,1-3,6H2,(H,15,16). The van der Waals surface area contributed by atoms with Gasteiger partial charge >= 0.3 is 5.97 Å². The summed E-state index contributed by atoms with van der Waals surface area (Å²) in [5.74, 6) is 0.381. The van der Waals surface area contributed by atoms with E-state index in [4.69, 9.17) is 9.84 Å². The molecule has 0 unspecified atom stereocenters. The fourth-order valence-electron chi connectivity index (χ4n) is 1.68. The van der Waals surface area contributed by atoms with Gasteiger partial charge in [-0.05, 0) is 62.8 Å². The molecule has 0 bridgehead atoms. The minimum absolute atomic E-state index is 0.236. The number of halogens is 2. The van der Waals surface area contributed by atoms with Gasteiger partial charge in [0.15, 0.2) is 0 Å². The first-order chi connectivity index (χ1) is 8.08. The number of aromatic carboxylic acids is 1. The topological polar surface area (TPSA) is 46.5 Å². The van der Waals surface area contributed by atoms with Crippen molar-refractivity contribution in [3.05, 3.63) is 26.6 Å². The molecule has 0 amide bonds. The van der Waals surface area contributed by atoms with Crippen LogP contribution in [0.5, 0.6) is 5.75 Å². The third kappa shape index (κ3) is 3.01. The molecule has 0 spiro atoms. The van der Waals surface area contributed by atoms with E-state index >= 15 is 0 Å². The molecule has 0 saturated heterocycles. The summed E-state index contributed by atoms with van der Waals surface area (Å²) in [6.45, 7) is 0.698. The van der Waals surface area contributed by atoms with Crippen LogP contribution in [0.15, 0.2) is 21.1 Å². The molecule has 1 aliphatic carbocycles. The van der Waals surface area contributed by atoms with Gasteiger partial charge in [-0.3, -0.25) is 0 Å². The summed E-state index contributed by atoms with van der Waals surface area (Å²) in [7, 11) is 0. The van der Waals surface area contributed by atoms with Crippen LogP contribution in [-0.2, 0) is 0 Å². The quantitative estimate of drug-likeness (QED) is 0.876. The van der Waals surface area contributed by atoms with Crippen LogP contribution in [0, 0.1) is 5.92 Å². The lowest BCUT2D eigenvalue weighted by Gasteiger charge is -2.25. The average Bonchev–Trinajstić information content (AvgIpc) is 2.18. The van der Waals surface area contributed by atoms with E-state index in [1.54, 1.807) is 12.1 Å². The molecule has 0 heterocycles. The molecule has 92 valence electrons. The highest BCUT2D eigenvalue weighted by atomic mass is 79.9. The van der Waals surface area contributed by atoms with Crippen LogP contribution in [0.1, 0.15) is 29.6 Å². The Morgan fingerprint density at radius 2 is 1.94 bits per heavy atom. The van der Waals surface area contributed by atoms with Crippen molar-refractivity contribution >= 4 is 37.8 Å². The van der Waals surface area contributed by atoms with Crippen molar-refractivity contribution in [2.45, 2.75) is 19.3 Å². The van der Waals surface area contributed by atoms with Crippen LogP contribution in [-0.4, -0.2) is 17.7 Å². The molecule has 0 atom stereocenters. The van der Waals surface area contributed by atoms with Gasteiger partial charge in [-0.25, -0.2) is 4.79 Å². The second-order valence-electron chi connectivity index (χ2n) is 4.18. The highest BCUT2D eigenvalue weighted by Gasteiger charge is 2.19. The zero-order chi connectivity index (χ0) is 12.4. The van der Waals surface area contributed by atoms with Crippen LogP contribution in [0.4, 0.5) is 0 Å². The van der Waals surface area contributed by atoms with Crippen LogP contribution in [0.3, 0.4) is 0 Å². The molecule has 3 nitrogen and oxygen atoms in total. The summed E-state index contributed by atoms with van der Waals surface area (Å²) in [6.07, 6.45) is 3.74. The van der Waals surface area contributed by atoms with Gasteiger partial charge in [0, 0.05) is 0 Å². The highest BCUT2D eigenvalue weighted by molar-refractivity contribution is 9.11. The normalized spacial score (nSPS) is 15.4. The van der Waals surface area contributed by atoms with Crippen LogP contribution < -0.4 is 4.74 Å². The number of rotatable bonds is 4. The SMILES string of the molecule is O=C(O)c1cc(Br)c(OCC2CCC2)c(Br)c1. The Morgan fingerprint density at radius 1 is 1.35 bits per heavy atom. The van der Waals surface area contributed by atoms with Crippen molar-refractivity contribution in [3.63, 3.8) is 0 Å². The van der Waals surface area contributed by atoms with Crippen molar-refractivity contribution in [2.24, 2.45) is 5.92 Å². The monoisotopic (exact) mass is 362 g/mol. The summed E-state index contributed by atoms with van der Waals surface area (Å²) >= 11 is 6.68. The smallest absolute Gasteiger partial charge is 0.335 e. The molecular formula is C12H12Br2O3. The molecule has 1 saturated carbocycles. The largest absolute Gasteiger partial charge is 0.491 e. The van der Waals surface area contributed by atoms with Crippen molar-refractivity contribution in [1.82, 2.24) is 0 Å². The highest BCUT2D eigenvalue weighted by Crippen LogP contribution is 2.36. The second kappa shape index (κ2) is 5.40. The molecule has 1 N–H and O–H groups in total. The van der Waals surface area contributed by atoms with Gasteiger partial charge in [-0.15, -0.1) is 0 Å². The lowest BCUT2D eigenvalue weighted by atomic mass is 9.86. The minimum Gasteiger partial charge on any atom is -0.491 e. The van der Waals surface area contributed by atoms with E-state index in [1.165, 1.54) is 19.3 Å². The van der Waals surface area contributed by atoms with Crippen molar-refractivity contribution in [1.29, 1.82) is 0 Å².